The van der Waals surface area contributed by atoms with Gasteiger partial charge in [0, 0.05) is 36.6 Å². The third-order valence-electron chi connectivity index (χ3n) is 6.13. The van der Waals surface area contributed by atoms with Crippen molar-refractivity contribution in [3.8, 4) is 0 Å². The Kier molecular flexibility index (Phi) is 4.74. The van der Waals surface area contributed by atoms with Gasteiger partial charge in [-0.3, -0.25) is 4.79 Å². The van der Waals surface area contributed by atoms with Crippen molar-refractivity contribution in [2.45, 2.75) is 33.1 Å². The van der Waals surface area contributed by atoms with Gasteiger partial charge in [-0.2, -0.15) is 0 Å². The maximum Gasteiger partial charge on any atom is 0.253 e. The molecular weight excluding hydrogens is 380 g/mol. The minimum atomic E-state index is 0.121. The molecule has 0 spiro atoms. The first kappa shape index (κ1) is 18.6. The van der Waals surface area contributed by atoms with E-state index in [1.165, 1.54) is 22.2 Å². The van der Waals surface area contributed by atoms with Crippen molar-refractivity contribution in [1.82, 2.24) is 14.9 Å². The molecule has 5 nitrogen and oxygen atoms in total. The van der Waals surface area contributed by atoms with E-state index in [-0.39, 0.29) is 5.91 Å². The first-order chi connectivity index (χ1) is 14.1. The number of aryl methyl sites for hydroxylation is 2. The first-order valence-electron chi connectivity index (χ1n) is 10.5. The Morgan fingerprint density at radius 3 is 2.62 bits per heavy atom. The summed E-state index contributed by atoms with van der Waals surface area (Å²) in [7, 11) is 0. The van der Waals surface area contributed by atoms with Crippen molar-refractivity contribution in [2.75, 3.05) is 31.1 Å². The van der Waals surface area contributed by atoms with Crippen LogP contribution in [0.25, 0.3) is 10.2 Å². The molecule has 150 valence electrons. The lowest BCUT2D eigenvalue weighted by Crippen LogP contribution is -2.49. The van der Waals surface area contributed by atoms with E-state index < -0.39 is 0 Å². The quantitative estimate of drug-likeness (QED) is 0.643. The molecule has 29 heavy (non-hydrogen) atoms. The van der Waals surface area contributed by atoms with Gasteiger partial charge in [0.05, 0.1) is 5.39 Å². The zero-order valence-electron chi connectivity index (χ0n) is 17.0. The number of rotatable bonds is 2. The van der Waals surface area contributed by atoms with Crippen LogP contribution in [0.4, 0.5) is 5.82 Å². The monoisotopic (exact) mass is 406 g/mol. The number of aromatic nitrogens is 2. The van der Waals surface area contributed by atoms with Crippen molar-refractivity contribution in [3.05, 3.63) is 52.2 Å². The van der Waals surface area contributed by atoms with Crippen LogP contribution in [0.5, 0.6) is 0 Å². The normalized spacial score (nSPS) is 19.4. The molecule has 2 aromatic heterocycles. The smallest absolute Gasteiger partial charge is 0.253 e. The summed E-state index contributed by atoms with van der Waals surface area (Å²) in [5, 5.41) is 1.27. The number of hydrogen-bond acceptors (Lipinski definition) is 5. The lowest BCUT2D eigenvalue weighted by Gasteiger charge is -2.36. The summed E-state index contributed by atoms with van der Waals surface area (Å²) in [5.74, 6) is 2.78. The van der Waals surface area contributed by atoms with Gasteiger partial charge in [-0.1, -0.05) is 25.1 Å². The number of hydrogen-bond donors (Lipinski definition) is 0. The summed E-state index contributed by atoms with van der Waals surface area (Å²) < 4.78 is 0. The van der Waals surface area contributed by atoms with Crippen molar-refractivity contribution >= 4 is 33.3 Å². The van der Waals surface area contributed by atoms with Gasteiger partial charge in [0.1, 0.15) is 16.5 Å². The van der Waals surface area contributed by atoms with Gasteiger partial charge in [-0.05, 0) is 49.8 Å². The molecule has 0 radical (unpaired) electrons. The standard InChI is InChI=1S/C23H26N4OS/c1-15-8-9-18-19(14-15)29-22-20(18)21(24-16(2)25-22)26-10-12-27(13-11-26)23(28)17-6-4-3-5-7-17/h3-7,15H,8-14H2,1-2H3/t15-/m1/s1. The number of carbonyl (C=O) groups is 1. The lowest BCUT2D eigenvalue weighted by atomic mass is 9.89. The van der Waals surface area contributed by atoms with Crippen LogP contribution in [0, 0.1) is 12.8 Å². The summed E-state index contributed by atoms with van der Waals surface area (Å²) >= 11 is 1.86. The van der Waals surface area contributed by atoms with Gasteiger partial charge >= 0.3 is 0 Å². The van der Waals surface area contributed by atoms with E-state index in [1.807, 2.05) is 53.5 Å². The van der Waals surface area contributed by atoms with E-state index in [1.54, 1.807) is 0 Å². The molecule has 1 atom stereocenters. The van der Waals surface area contributed by atoms with E-state index in [4.69, 9.17) is 9.97 Å². The molecule has 2 aliphatic rings. The highest BCUT2D eigenvalue weighted by molar-refractivity contribution is 7.19. The van der Waals surface area contributed by atoms with Crippen LogP contribution in [0.15, 0.2) is 30.3 Å². The highest BCUT2D eigenvalue weighted by atomic mass is 32.1. The number of piperazine rings is 1. The second-order valence-electron chi connectivity index (χ2n) is 8.27. The number of benzene rings is 1. The van der Waals surface area contributed by atoms with E-state index in [0.717, 1.165) is 67.0 Å². The number of fused-ring (bicyclic) bond motifs is 3. The molecule has 1 fully saturated rings. The maximum atomic E-state index is 12.8. The van der Waals surface area contributed by atoms with Crippen LogP contribution in [0.1, 0.15) is 40.0 Å². The first-order valence-corrected chi connectivity index (χ1v) is 11.3. The summed E-state index contributed by atoms with van der Waals surface area (Å²) in [4.78, 5) is 29.4. The predicted molar refractivity (Wildman–Crippen MR) is 118 cm³/mol. The summed E-state index contributed by atoms with van der Waals surface area (Å²) in [6.45, 7) is 7.40. The molecule has 1 aliphatic carbocycles. The highest BCUT2D eigenvalue weighted by Gasteiger charge is 2.28. The third kappa shape index (κ3) is 3.39. The highest BCUT2D eigenvalue weighted by Crippen LogP contribution is 2.41. The molecule has 5 rings (SSSR count). The van der Waals surface area contributed by atoms with E-state index in [2.05, 4.69) is 11.8 Å². The summed E-state index contributed by atoms with van der Waals surface area (Å²) in [6.07, 6.45) is 3.53. The SMILES string of the molecule is Cc1nc(N2CCN(C(=O)c3ccccc3)CC2)c2c3c(sc2n1)C[C@H](C)CC3. The van der Waals surface area contributed by atoms with Crippen LogP contribution < -0.4 is 4.90 Å². The molecule has 0 N–H and O–H groups in total. The van der Waals surface area contributed by atoms with Crippen LogP contribution in [-0.2, 0) is 12.8 Å². The fourth-order valence-corrected chi connectivity index (χ4v) is 5.96. The lowest BCUT2D eigenvalue weighted by molar-refractivity contribution is 0.0746. The minimum Gasteiger partial charge on any atom is -0.352 e. The largest absolute Gasteiger partial charge is 0.352 e. The molecule has 1 saturated heterocycles. The molecule has 0 unspecified atom stereocenters. The summed E-state index contributed by atoms with van der Waals surface area (Å²) in [5.41, 5.74) is 2.24. The zero-order chi connectivity index (χ0) is 20.0. The second kappa shape index (κ2) is 7.41. The molecule has 1 amide bonds. The third-order valence-corrected chi connectivity index (χ3v) is 7.28. The van der Waals surface area contributed by atoms with Gasteiger partial charge in [0.25, 0.3) is 5.91 Å². The van der Waals surface area contributed by atoms with Crippen molar-refractivity contribution in [2.24, 2.45) is 5.92 Å². The maximum absolute atomic E-state index is 12.8. The Morgan fingerprint density at radius 1 is 1.10 bits per heavy atom. The Balaban J connectivity index is 1.41. The number of carbonyl (C=O) groups excluding carboxylic acids is 1. The average Bonchev–Trinajstić information content (AvgIpc) is 3.10. The van der Waals surface area contributed by atoms with Crippen molar-refractivity contribution in [1.29, 1.82) is 0 Å². The molecule has 6 heteroatoms. The van der Waals surface area contributed by atoms with Crippen LogP contribution in [0.2, 0.25) is 0 Å². The van der Waals surface area contributed by atoms with E-state index >= 15 is 0 Å². The number of thiophene rings is 1. The van der Waals surface area contributed by atoms with Gasteiger partial charge in [0.15, 0.2) is 0 Å². The fourth-order valence-electron chi connectivity index (χ4n) is 4.54. The molecule has 3 aromatic rings. The van der Waals surface area contributed by atoms with Gasteiger partial charge < -0.3 is 9.80 Å². The molecule has 0 bridgehead atoms. The molecular formula is C23H26N4OS. The Hall–Kier alpha value is -2.47. The molecule has 0 saturated carbocycles. The number of anilines is 1. The number of nitrogens with zero attached hydrogens (tertiary/aromatic N) is 4. The Labute approximate surface area is 175 Å². The van der Waals surface area contributed by atoms with Gasteiger partial charge in [0.2, 0.25) is 0 Å². The van der Waals surface area contributed by atoms with Crippen molar-refractivity contribution in [3.63, 3.8) is 0 Å². The van der Waals surface area contributed by atoms with Crippen molar-refractivity contribution < 1.29 is 4.79 Å². The van der Waals surface area contributed by atoms with E-state index in [0.29, 0.717) is 0 Å². The van der Waals surface area contributed by atoms with E-state index in [9.17, 15) is 4.79 Å². The molecule has 1 aromatic carbocycles. The predicted octanol–water partition coefficient (Wildman–Crippen LogP) is 4.09. The molecule has 1 aliphatic heterocycles. The topological polar surface area (TPSA) is 49.3 Å². The summed E-state index contributed by atoms with van der Waals surface area (Å²) in [6, 6.07) is 9.57. The van der Waals surface area contributed by atoms with Crippen LogP contribution >= 0.6 is 11.3 Å². The molecule has 3 heterocycles. The second-order valence-corrected chi connectivity index (χ2v) is 9.36. The van der Waals surface area contributed by atoms with Crippen LogP contribution in [-0.4, -0.2) is 47.0 Å². The Bertz CT molecular complexity index is 1050. The minimum absolute atomic E-state index is 0.121. The zero-order valence-corrected chi connectivity index (χ0v) is 17.8. The Morgan fingerprint density at radius 2 is 1.86 bits per heavy atom. The van der Waals surface area contributed by atoms with Gasteiger partial charge in [-0.15, -0.1) is 11.3 Å². The van der Waals surface area contributed by atoms with Gasteiger partial charge in [-0.25, -0.2) is 9.97 Å². The average molecular weight is 407 g/mol. The fraction of sp³-hybridized carbons (Fsp3) is 0.435. The number of amides is 1. The van der Waals surface area contributed by atoms with Crippen LogP contribution in [0.3, 0.4) is 0 Å².